The van der Waals surface area contributed by atoms with Crippen LogP contribution in [-0.2, 0) is 9.53 Å². The van der Waals surface area contributed by atoms with Gasteiger partial charge in [-0.1, -0.05) is 0 Å². The molecule has 2 fully saturated rings. The van der Waals surface area contributed by atoms with Crippen LogP contribution in [0.3, 0.4) is 0 Å². The number of hydrogen-bond acceptors (Lipinski definition) is 3. The van der Waals surface area contributed by atoms with E-state index in [2.05, 4.69) is 5.32 Å². The number of likely N-dealkylation sites (tertiary alicyclic amines) is 1. The molecule has 2 amide bonds. The Morgan fingerprint density at radius 3 is 2.79 bits per heavy atom. The van der Waals surface area contributed by atoms with Crippen molar-refractivity contribution in [3.63, 3.8) is 0 Å². The molecule has 0 radical (unpaired) electrons. The summed E-state index contributed by atoms with van der Waals surface area (Å²) in [4.78, 5) is 24.7. The number of urea groups is 1. The summed E-state index contributed by atoms with van der Waals surface area (Å²) < 4.78 is 5.46. The smallest absolute Gasteiger partial charge is 0.317 e. The summed E-state index contributed by atoms with van der Waals surface area (Å²) in [6, 6.07) is -0.133. The maximum atomic E-state index is 12.1. The largest absolute Gasteiger partial charge is 0.481 e. The molecule has 2 rings (SSSR count). The van der Waals surface area contributed by atoms with Crippen LogP contribution in [-0.4, -0.2) is 53.8 Å². The molecular formula is C13H22N2O4. The van der Waals surface area contributed by atoms with Gasteiger partial charge in [0.2, 0.25) is 0 Å². The first-order chi connectivity index (χ1) is 9.08. The molecule has 0 aliphatic carbocycles. The minimum absolute atomic E-state index is 0.0284. The molecule has 0 bridgehead atoms. The Kier molecular flexibility index (Phi) is 4.63. The van der Waals surface area contributed by atoms with Crippen LogP contribution in [0.2, 0.25) is 0 Å². The predicted molar refractivity (Wildman–Crippen MR) is 68.9 cm³/mol. The Balaban J connectivity index is 1.77. The third-order valence-electron chi connectivity index (χ3n) is 3.99. The van der Waals surface area contributed by atoms with Crippen molar-refractivity contribution in [2.75, 3.05) is 19.7 Å². The van der Waals surface area contributed by atoms with Crippen molar-refractivity contribution in [1.82, 2.24) is 10.2 Å². The topological polar surface area (TPSA) is 78.9 Å². The fourth-order valence-electron chi connectivity index (χ4n) is 2.81. The number of piperidine rings is 1. The zero-order chi connectivity index (χ0) is 13.8. The van der Waals surface area contributed by atoms with Crippen molar-refractivity contribution in [3.8, 4) is 0 Å². The minimum Gasteiger partial charge on any atom is -0.481 e. The van der Waals surface area contributed by atoms with E-state index in [1.807, 2.05) is 6.92 Å². The second kappa shape index (κ2) is 6.23. The Morgan fingerprint density at radius 1 is 1.42 bits per heavy atom. The number of ether oxygens (including phenoxy) is 1. The van der Waals surface area contributed by atoms with Gasteiger partial charge in [-0.3, -0.25) is 4.79 Å². The number of carboxylic acids is 1. The zero-order valence-corrected chi connectivity index (χ0v) is 11.3. The summed E-state index contributed by atoms with van der Waals surface area (Å²) in [6.45, 7) is 3.74. The predicted octanol–water partition coefficient (Wildman–Crippen LogP) is 1.06. The van der Waals surface area contributed by atoms with E-state index in [0.717, 1.165) is 19.4 Å². The number of carboxylic acid groups (broad SMARTS) is 1. The van der Waals surface area contributed by atoms with Crippen LogP contribution in [0.4, 0.5) is 4.79 Å². The number of aliphatic carboxylic acids is 1. The van der Waals surface area contributed by atoms with Crippen molar-refractivity contribution in [1.29, 1.82) is 0 Å². The van der Waals surface area contributed by atoms with Crippen LogP contribution < -0.4 is 5.32 Å². The van der Waals surface area contributed by atoms with E-state index in [1.165, 1.54) is 0 Å². The SMILES string of the molecule is CC1CC(C(=O)O)CCN1C(=O)NCC1CCCO1. The van der Waals surface area contributed by atoms with Gasteiger partial charge in [-0.05, 0) is 32.6 Å². The quantitative estimate of drug-likeness (QED) is 0.803. The maximum absolute atomic E-state index is 12.1. The third-order valence-corrected chi connectivity index (χ3v) is 3.99. The molecule has 2 N–H and O–H groups in total. The average Bonchev–Trinajstić information content (AvgIpc) is 2.88. The Bertz CT molecular complexity index is 342. The molecular weight excluding hydrogens is 248 g/mol. The monoisotopic (exact) mass is 270 g/mol. The van der Waals surface area contributed by atoms with Gasteiger partial charge in [0.1, 0.15) is 0 Å². The number of nitrogens with one attached hydrogen (secondary N) is 1. The third kappa shape index (κ3) is 3.59. The molecule has 2 aliphatic rings. The average molecular weight is 270 g/mol. The van der Waals surface area contributed by atoms with Crippen LogP contribution in [0.5, 0.6) is 0 Å². The van der Waals surface area contributed by atoms with E-state index in [9.17, 15) is 9.59 Å². The van der Waals surface area contributed by atoms with E-state index >= 15 is 0 Å². The maximum Gasteiger partial charge on any atom is 0.317 e. The number of amides is 2. The van der Waals surface area contributed by atoms with Crippen LogP contribution in [0, 0.1) is 5.92 Å². The lowest BCUT2D eigenvalue weighted by atomic mass is 9.92. The lowest BCUT2D eigenvalue weighted by Gasteiger charge is -2.36. The Morgan fingerprint density at radius 2 is 2.21 bits per heavy atom. The first kappa shape index (κ1) is 14.1. The normalized spacial score (nSPS) is 31.2. The lowest BCUT2D eigenvalue weighted by molar-refractivity contribution is -0.143. The summed E-state index contributed by atoms with van der Waals surface area (Å²) in [6.07, 6.45) is 3.25. The summed E-state index contributed by atoms with van der Waals surface area (Å²) >= 11 is 0. The highest BCUT2D eigenvalue weighted by Gasteiger charge is 2.32. The molecule has 2 aliphatic heterocycles. The standard InChI is InChI=1S/C13H22N2O4/c1-9-7-10(12(16)17)4-5-15(9)13(18)14-8-11-3-2-6-19-11/h9-11H,2-8H2,1H3,(H,14,18)(H,16,17). The van der Waals surface area contributed by atoms with Crippen molar-refractivity contribution in [2.45, 2.75) is 44.8 Å². The Labute approximate surface area is 113 Å². The van der Waals surface area contributed by atoms with E-state index < -0.39 is 5.97 Å². The second-order valence-corrected chi connectivity index (χ2v) is 5.42. The summed E-state index contributed by atoms with van der Waals surface area (Å²) in [7, 11) is 0. The number of carbonyl (C=O) groups excluding carboxylic acids is 1. The van der Waals surface area contributed by atoms with Crippen molar-refractivity contribution >= 4 is 12.0 Å². The highest BCUT2D eigenvalue weighted by Crippen LogP contribution is 2.23. The molecule has 3 unspecified atom stereocenters. The lowest BCUT2D eigenvalue weighted by Crippen LogP contribution is -2.51. The zero-order valence-electron chi connectivity index (χ0n) is 11.3. The van der Waals surface area contributed by atoms with Crippen LogP contribution in [0.1, 0.15) is 32.6 Å². The summed E-state index contributed by atoms with van der Waals surface area (Å²) in [5.41, 5.74) is 0. The van der Waals surface area contributed by atoms with E-state index in [4.69, 9.17) is 9.84 Å². The molecule has 108 valence electrons. The van der Waals surface area contributed by atoms with Gasteiger partial charge < -0.3 is 20.1 Å². The van der Waals surface area contributed by atoms with Crippen molar-refractivity contribution < 1.29 is 19.4 Å². The van der Waals surface area contributed by atoms with Gasteiger partial charge in [0, 0.05) is 25.7 Å². The molecule has 6 nitrogen and oxygen atoms in total. The van der Waals surface area contributed by atoms with Crippen LogP contribution in [0.25, 0.3) is 0 Å². The fraction of sp³-hybridized carbons (Fsp3) is 0.846. The number of carbonyl (C=O) groups is 2. The highest BCUT2D eigenvalue weighted by molar-refractivity contribution is 5.75. The van der Waals surface area contributed by atoms with E-state index in [0.29, 0.717) is 25.9 Å². The fourth-order valence-corrected chi connectivity index (χ4v) is 2.81. The van der Waals surface area contributed by atoms with E-state index in [-0.39, 0.29) is 24.1 Å². The molecule has 6 heteroatoms. The number of hydrogen-bond donors (Lipinski definition) is 2. The molecule has 0 aromatic carbocycles. The highest BCUT2D eigenvalue weighted by atomic mass is 16.5. The van der Waals surface area contributed by atoms with Gasteiger partial charge in [-0.25, -0.2) is 4.79 Å². The first-order valence-corrected chi connectivity index (χ1v) is 6.97. The van der Waals surface area contributed by atoms with Gasteiger partial charge in [-0.2, -0.15) is 0 Å². The number of nitrogens with zero attached hydrogens (tertiary/aromatic N) is 1. The molecule has 19 heavy (non-hydrogen) atoms. The molecule has 0 spiro atoms. The van der Waals surface area contributed by atoms with Crippen molar-refractivity contribution in [2.24, 2.45) is 5.92 Å². The van der Waals surface area contributed by atoms with Gasteiger partial charge in [0.15, 0.2) is 0 Å². The summed E-state index contributed by atoms with van der Waals surface area (Å²) in [5, 5.41) is 11.9. The minimum atomic E-state index is -0.758. The molecule has 0 aromatic heterocycles. The molecule has 0 saturated carbocycles. The second-order valence-electron chi connectivity index (χ2n) is 5.42. The van der Waals surface area contributed by atoms with Gasteiger partial charge >= 0.3 is 12.0 Å². The van der Waals surface area contributed by atoms with E-state index in [1.54, 1.807) is 4.90 Å². The summed E-state index contributed by atoms with van der Waals surface area (Å²) in [5.74, 6) is -1.08. The molecule has 0 aromatic rings. The Hall–Kier alpha value is -1.30. The first-order valence-electron chi connectivity index (χ1n) is 6.97. The molecule has 2 saturated heterocycles. The van der Waals surface area contributed by atoms with Crippen molar-refractivity contribution in [3.05, 3.63) is 0 Å². The van der Waals surface area contributed by atoms with Crippen LogP contribution in [0.15, 0.2) is 0 Å². The van der Waals surface area contributed by atoms with Gasteiger partial charge in [-0.15, -0.1) is 0 Å². The molecule has 3 atom stereocenters. The van der Waals surface area contributed by atoms with Crippen LogP contribution >= 0.6 is 0 Å². The van der Waals surface area contributed by atoms with Gasteiger partial charge in [0.05, 0.1) is 12.0 Å². The number of rotatable bonds is 3. The van der Waals surface area contributed by atoms with Gasteiger partial charge in [0.25, 0.3) is 0 Å². The molecule has 2 heterocycles.